The van der Waals surface area contributed by atoms with Gasteiger partial charge in [-0.05, 0) is 11.5 Å². The zero-order chi connectivity index (χ0) is 13.6. The molecule has 0 unspecified atom stereocenters. The van der Waals surface area contributed by atoms with Crippen LogP contribution in [0.15, 0.2) is 6.33 Å². The fourth-order valence-corrected chi connectivity index (χ4v) is 2.88. The average molecular weight is 284 g/mol. The van der Waals surface area contributed by atoms with Crippen molar-refractivity contribution in [3.8, 4) is 0 Å². The number of fused-ring (bicyclic) bond motifs is 1. The van der Waals surface area contributed by atoms with E-state index >= 15 is 0 Å². The minimum atomic E-state index is -1.17. The highest BCUT2D eigenvalue weighted by molar-refractivity contribution is 7.14. The highest BCUT2D eigenvalue weighted by Gasteiger charge is 2.45. The van der Waals surface area contributed by atoms with Gasteiger partial charge in [0.15, 0.2) is 0 Å². The van der Waals surface area contributed by atoms with Crippen LogP contribution in [-0.4, -0.2) is 54.6 Å². The topological polar surface area (TPSA) is 135 Å². The first-order chi connectivity index (χ1) is 9.13. The molecule has 2 aromatic rings. The highest BCUT2D eigenvalue weighted by Crippen LogP contribution is 2.37. The molecule has 3 rings (SSSR count). The maximum Gasteiger partial charge on any atom is 0.146 e. The second-order valence-corrected chi connectivity index (χ2v) is 5.04. The van der Waals surface area contributed by atoms with Gasteiger partial charge in [0.05, 0.1) is 6.61 Å². The van der Waals surface area contributed by atoms with Crippen molar-refractivity contribution in [2.45, 2.75) is 24.4 Å². The summed E-state index contributed by atoms with van der Waals surface area (Å²) in [4.78, 5) is 7.94. The Morgan fingerprint density at radius 2 is 2.11 bits per heavy atom. The van der Waals surface area contributed by atoms with Crippen molar-refractivity contribution in [2.24, 2.45) is 0 Å². The van der Waals surface area contributed by atoms with Gasteiger partial charge in [-0.1, -0.05) is 0 Å². The van der Waals surface area contributed by atoms with Gasteiger partial charge in [-0.25, -0.2) is 9.97 Å². The SMILES string of the molecule is Nc1ncnc2c([C@@H]3O[C@@H](CO)[C@H](O)[C@H]3O)nsc12. The third-order valence-corrected chi connectivity index (χ3v) is 3.99. The molecule has 0 aromatic carbocycles. The van der Waals surface area contributed by atoms with E-state index in [1.807, 2.05) is 0 Å². The number of nitrogens with two attached hydrogens (primary N) is 1. The highest BCUT2D eigenvalue weighted by atomic mass is 32.1. The summed E-state index contributed by atoms with van der Waals surface area (Å²) >= 11 is 1.10. The zero-order valence-corrected chi connectivity index (χ0v) is 10.5. The van der Waals surface area contributed by atoms with E-state index < -0.39 is 24.4 Å². The van der Waals surface area contributed by atoms with Crippen molar-refractivity contribution in [3.63, 3.8) is 0 Å². The Morgan fingerprint density at radius 1 is 1.32 bits per heavy atom. The summed E-state index contributed by atoms with van der Waals surface area (Å²) in [5.41, 5.74) is 6.60. The Balaban J connectivity index is 2.04. The van der Waals surface area contributed by atoms with Gasteiger partial charge in [-0.3, -0.25) is 0 Å². The number of aromatic nitrogens is 3. The van der Waals surface area contributed by atoms with E-state index in [2.05, 4.69) is 14.3 Å². The Labute approximate surface area is 111 Å². The monoisotopic (exact) mass is 284 g/mol. The third-order valence-electron chi connectivity index (χ3n) is 3.12. The molecule has 1 saturated heterocycles. The maximum absolute atomic E-state index is 9.96. The molecule has 0 aliphatic carbocycles. The summed E-state index contributed by atoms with van der Waals surface area (Å²) in [7, 11) is 0. The summed E-state index contributed by atoms with van der Waals surface area (Å²) in [5.74, 6) is 0.306. The van der Waals surface area contributed by atoms with Gasteiger partial charge in [0.2, 0.25) is 0 Å². The number of aliphatic hydroxyl groups excluding tert-OH is 3. The first kappa shape index (κ1) is 12.6. The van der Waals surface area contributed by atoms with Crippen molar-refractivity contribution in [2.75, 3.05) is 12.3 Å². The molecule has 9 heteroatoms. The molecule has 2 aromatic heterocycles. The number of nitrogens with zero attached hydrogens (tertiary/aromatic N) is 3. The van der Waals surface area contributed by atoms with Crippen molar-refractivity contribution in [1.29, 1.82) is 0 Å². The van der Waals surface area contributed by atoms with Crippen LogP contribution in [0.25, 0.3) is 10.2 Å². The third kappa shape index (κ3) is 1.86. The summed E-state index contributed by atoms with van der Waals surface area (Å²) in [6.07, 6.45) is -2.70. The molecule has 0 amide bonds. The van der Waals surface area contributed by atoms with Crippen LogP contribution in [0.4, 0.5) is 5.82 Å². The van der Waals surface area contributed by atoms with E-state index in [1.54, 1.807) is 0 Å². The number of anilines is 1. The van der Waals surface area contributed by atoms with Gasteiger partial charge in [0.25, 0.3) is 0 Å². The number of rotatable bonds is 2. The lowest BCUT2D eigenvalue weighted by atomic mass is 10.1. The number of ether oxygens (including phenoxy) is 1. The Bertz CT molecular complexity index is 606. The van der Waals surface area contributed by atoms with Crippen LogP contribution in [0.2, 0.25) is 0 Å². The van der Waals surface area contributed by atoms with Gasteiger partial charge in [-0.2, -0.15) is 4.37 Å². The van der Waals surface area contributed by atoms with E-state index in [-0.39, 0.29) is 6.61 Å². The predicted octanol–water partition coefficient (Wildman–Crippen LogP) is -1.18. The second-order valence-electron chi connectivity index (χ2n) is 4.26. The van der Waals surface area contributed by atoms with Crippen LogP contribution in [-0.2, 0) is 4.74 Å². The minimum Gasteiger partial charge on any atom is -0.394 e. The quantitative estimate of drug-likeness (QED) is 0.541. The van der Waals surface area contributed by atoms with E-state index in [0.717, 1.165) is 11.5 Å². The fraction of sp³-hybridized carbons (Fsp3) is 0.500. The normalized spacial score (nSPS) is 31.1. The van der Waals surface area contributed by atoms with Gasteiger partial charge < -0.3 is 25.8 Å². The van der Waals surface area contributed by atoms with Crippen LogP contribution in [0.3, 0.4) is 0 Å². The zero-order valence-electron chi connectivity index (χ0n) is 9.67. The fourth-order valence-electron chi connectivity index (χ4n) is 2.11. The molecule has 102 valence electrons. The molecule has 19 heavy (non-hydrogen) atoms. The van der Waals surface area contributed by atoms with Crippen molar-refractivity contribution < 1.29 is 20.1 Å². The van der Waals surface area contributed by atoms with Gasteiger partial charge >= 0.3 is 0 Å². The standard InChI is InChI=1S/C10H12N4O4S/c11-10-9-5(12-2-13-10)4(14-19-9)8-7(17)6(16)3(1-15)18-8/h2-3,6-8,15-17H,1H2,(H2,11,12,13)/t3-,6-,7+,8-/m0/s1. The molecule has 0 saturated carbocycles. The van der Waals surface area contributed by atoms with Gasteiger partial charge in [0.1, 0.15) is 52.5 Å². The molecular formula is C10H12N4O4S. The molecule has 0 bridgehead atoms. The van der Waals surface area contributed by atoms with E-state index in [9.17, 15) is 10.2 Å². The molecule has 8 nitrogen and oxygen atoms in total. The Hall–Kier alpha value is -1.39. The number of hydrogen-bond acceptors (Lipinski definition) is 9. The molecule has 5 N–H and O–H groups in total. The summed E-state index contributed by atoms with van der Waals surface area (Å²) in [6.45, 7) is -0.381. The summed E-state index contributed by atoms with van der Waals surface area (Å²) < 4.78 is 10.2. The Morgan fingerprint density at radius 3 is 2.79 bits per heavy atom. The minimum absolute atomic E-state index is 0.306. The van der Waals surface area contributed by atoms with E-state index in [0.29, 0.717) is 21.7 Å². The molecule has 4 atom stereocenters. The smallest absolute Gasteiger partial charge is 0.146 e. The molecular weight excluding hydrogens is 272 g/mol. The van der Waals surface area contributed by atoms with Crippen molar-refractivity contribution in [1.82, 2.24) is 14.3 Å². The van der Waals surface area contributed by atoms with Crippen LogP contribution >= 0.6 is 11.5 Å². The van der Waals surface area contributed by atoms with Crippen LogP contribution in [0.1, 0.15) is 11.8 Å². The maximum atomic E-state index is 9.96. The second kappa shape index (κ2) is 4.62. The average Bonchev–Trinajstić information content (AvgIpc) is 2.94. The van der Waals surface area contributed by atoms with E-state index in [1.165, 1.54) is 6.33 Å². The number of nitrogen functional groups attached to an aromatic ring is 1. The van der Waals surface area contributed by atoms with Gasteiger partial charge in [-0.15, -0.1) is 0 Å². The summed E-state index contributed by atoms with van der Waals surface area (Å²) in [6, 6.07) is 0. The number of hydrogen-bond donors (Lipinski definition) is 4. The van der Waals surface area contributed by atoms with E-state index in [4.69, 9.17) is 15.6 Å². The van der Waals surface area contributed by atoms with Crippen LogP contribution in [0, 0.1) is 0 Å². The van der Waals surface area contributed by atoms with Crippen molar-refractivity contribution >= 4 is 27.6 Å². The summed E-state index contributed by atoms with van der Waals surface area (Å²) in [5, 5.41) is 28.8. The molecule has 0 spiro atoms. The largest absolute Gasteiger partial charge is 0.394 e. The number of aliphatic hydroxyl groups is 3. The molecule has 1 aliphatic rings. The molecule has 1 fully saturated rings. The van der Waals surface area contributed by atoms with Crippen LogP contribution < -0.4 is 5.73 Å². The first-order valence-corrected chi connectivity index (χ1v) is 6.39. The molecule has 1 aliphatic heterocycles. The van der Waals surface area contributed by atoms with Crippen LogP contribution in [0.5, 0.6) is 0 Å². The van der Waals surface area contributed by atoms with Gasteiger partial charge in [0, 0.05) is 0 Å². The lowest BCUT2D eigenvalue weighted by Gasteiger charge is -2.12. The predicted molar refractivity (Wildman–Crippen MR) is 66.3 cm³/mol. The van der Waals surface area contributed by atoms with Crippen molar-refractivity contribution in [3.05, 3.63) is 12.0 Å². The lowest BCUT2D eigenvalue weighted by Crippen LogP contribution is -2.32. The first-order valence-electron chi connectivity index (χ1n) is 5.61. The molecule has 0 radical (unpaired) electrons. The Kier molecular flexibility index (Phi) is 3.07. The molecule has 3 heterocycles. The lowest BCUT2D eigenvalue weighted by molar-refractivity contribution is -0.0233.